The number of rotatable bonds is 2. The predicted octanol–water partition coefficient (Wildman–Crippen LogP) is 0.209. The summed E-state index contributed by atoms with van der Waals surface area (Å²) in [6.45, 7) is -0.0816. The second-order valence-electron chi connectivity index (χ2n) is 9.23. The number of aromatic nitrogens is 2. The number of benzene rings is 1. The summed E-state index contributed by atoms with van der Waals surface area (Å²) in [5.41, 5.74) is -2.94. The largest absolute Gasteiger partial charge is 0.494 e. The van der Waals surface area contributed by atoms with Crippen molar-refractivity contribution in [2.24, 2.45) is 19.5 Å². The third-order valence-corrected chi connectivity index (χ3v) is 8.39. The second kappa shape index (κ2) is 8.10. The molecule has 14 heteroatoms. The Labute approximate surface area is 217 Å². The molecule has 5 rings (SSSR count). The first kappa shape index (κ1) is 24.9. The molecule has 196 valence electrons. The van der Waals surface area contributed by atoms with Gasteiger partial charge in [0.15, 0.2) is 11.5 Å². The number of halogens is 1. The Hall–Kier alpha value is -3.81. The molecule has 3 aliphatic rings. The van der Waals surface area contributed by atoms with E-state index >= 15 is 0 Å². The van der Waals surface area contributed by atoms with E-state index in [0.717, 1.165) is 18.9 Å². The highest BCUT2D eigenvalue weighted by atomic mass is 79.9. The van der Waals surface area contributed by atoms with E-state index in [4.69, 9.17) is 14.2 Å². The molecule has 1 saturated heterocycles. The van der Waals surface area contributed by atoms with Crippen LogP contribution in [0.1, 0.15) is 22.6 Å². The number of barbiturate groups is 1. The van der Waals surface area contributed by atoms with E-state index < -0.39 is 46.3 Å². The molecule has 37 heavy (non-hydrogen) atoms. The normalized spacial score (nSPS) is 20.1. The van der Waals surface area contributed by atoms with Crippen LogP contribution < -0.4 is 25.5 Å². The van der Waals surface area contributed by atoms with Gasteiger partial charge in [-0.3, -0.25) is 33.3 Å². The van der Waals surface area contributed by atoms with Gasteiger partial charge in [0.05, 0.1) is 17.1 Å². The molecule has 0 bridgehead atoms. The van der Waals surface area contributed by atoms with Crippen molar-refractivity contribution in [2.75, 3.05) is 28.0 Å². The molecular formula is C23H23BrN4O9. The minimum Gasteiger partial charge on any atom is -0.494 e. The first-order chi connectivity index (χ1) is 17.4. The minimum absolute atomic E-state index is 0.0816. The number of urea groups is 1. The van der Waals surface area contributed by atoms with Crippen LogP contribution in [0.15, 0.2) is 14.1 Å². The zero-order valence-electron chi connectivity index (χ0n) is 20.6. The number of imide groups is 2. The third-order valence-electron chi connectivity index (χ3n) is 7.55. The SMILES string of the molecule is COc1c2c(c(Br)c3c1OCO3)C[C@H](c1c(O)n(C)c(=O)n(C)c1=O)C1(C2)C(=O)N(C)C(=O)N(C)C1=O. The van der Waals surface area contributed by atoms with E-state index in [-0.39, 0.29) is 36.7 Å². The molecule has 1 atom stereocenters. The molecule has 0 saturated carbocycles. The monoisotopic (exact) mass is 578 g/mol. The number of hydrogen-bond acceptors (Lipinski definition) is 9. The topological polar surface area (TPSA) is 150 Å². The quantitative estimate of drug-likeness (QED) is 0.493. The van der Waals surface area contributed by atoms with Crippen LogP contribution in [0.2, 0.25) is 0 Å². The third kappa shape index (κ3) is 2.98. The van der Waals surface area contributed by atoms with Gasteiger partial charge < -0.3 is 19.3 Å². The van der Waals surface area contributed by atoms with E-state index in [9.17, 15) is 29.1 Å². The van der Waals surface area contributed by atoms with Crippen molar-refractivity contribution in [3.8, 4) is 23.1 Å². The van der Waals surface area contributed by atoms with Crippen molar-refractivity contribution in [1.82, 2.24) is 18.9 Å². The lowest BCUT2D eigenvalue weighted by Crippen LogP contribution is -2.67. The van der Waals surface area contributed by atoms with E-state index in [0.29, 0.717) is 21.3 Å². The standard InChI is InChI=1S/C23H23BrN4O9/c1-25-17(29)12(18(30)26(2)21(25)33)11-6-9-10(14(35-5)16-15(13(9)24)36-8-37-16)7-23(11)19(31)27(3)22(34)28(4)20(23)32/h11,29H,6-8H2,1-5H3/t11-/m1/s1. The van der Waals surface area contributed by atoms with Gasteiger partial charge in [-0.15, -0.1) is 0 Å². The molecule has 4 amide bonds. The summed E-state index contributed by atoms with van der Waals surface area (Å²) in [5.74, 6) is -2.73. The molecule has 1 spiro atoms. The van der Waals surface area contributed by atoms with Crippen LogP contribution in [0.3, 0.4) is 0 Å². The fourth-order valence-electron chi connectivity index (χ4n) is 5.60. The Kier molecular flexibility index (Phi) is 5.44. The van der Waals surface area contributed by atoms with Gasteiger partial charge in [0.1, 0.15) is 5.41 Å². The second-order valence-corrected chi connectivity index (χ2v) is 10.0. The molecule has 1 aromatic heterocycles. The highest BCUT2D eigenvalue weighted by Crippen LogP contribution is 2.58. The van der Waals surface area contributed by atoms with Gasteiger partial charge in [-0.05, 0) is 27.9 Å². The molecule has 1 fully saturated rings. The Balaban J connectivity index is 1.90. The van der Waals surface area contributed by atoms with Gasteiger partial charge >= 0.3 is 11.7 Å². The van der Waals surface area contributed by atoms with Crippen molar-refractivity contribution < 1.29 is 33.7 Å². The van der Waals surface area contributed by atoms with Gasteiger partial charge in [-0.2, -0.15) is 0 Å². The van der Waals surface area contributed by atoms with Crippen LogP contribution in [0.25, 0.3) is 0 Å². The molecule has 2 aliphatic heterocycles. The van der Waals surface area contributed by atoms with Gasteiger partial charge in [-0.25, -0.2) is 9.59 Å². The Bertz CT molecular complexity index is 1520. The Morgan fingerprint density at radius 3 is 2.14 bits per heavy atom. The average Bonchev–Trinajstić information content (AvgIpc) is 3.38. The fourth-order valence-corrected chi connectivity index (χ4v) is 6.30. The number of carbonyl (C=O) groups excluding carboxylic acids is 3. The van der Waals surface area contributed by atoms with Crippen molar-refractivity contribution in [1.29, 1.82) is 0 Å². The van der Waals surface area contributed by atoms with E-state index in [1.54, 1.807) is 0 Å². The maximum atomic E-state index is 13.9. The summed E-state index contributed by atoms with van der Waals surface area (Å²) in [6, 6.07) is -0.832. The molecule has 13 nitrogen and oxygen atoms in total. The highest BCUT2D eigenvalue weighted by Gasteiger charge is 2.63. The maximum absolute atomic E-state index is 13.9. The van der Waals surface area contributed by atoms with Crippen LogP contribution in [-0.4, -0.2) is 69.9 Å². The number of methoxy groups -OCH3 is 1. The number of aromatic hydroxyl groups is 1. The number of ether oxygens (including phenoxy) is 3. The summed E-state index contributed by atoms with van der Waals surface area (Å²) in [4.78, 5) is 68.0. The number of carbonyl (C=O) groups is 3. The zero-order chi connectivity index (χ0) is 27.1. The number of hydrogen-bond donors (Lipinski definition) is 1. The van der Waals surface area contributed by atoms with Gasteiger partial charge in [0, 0.05) is 46.1 Å². The van der Waals surface area contributed by atoms with Crippen LogP contribution >= 0.6 is 15.9 Å². The molecule has 0 radical (unpaired) electrons. The fraction of sp³-hybridized carbons (Fsp3) is 0.435. The Morgan fingerprint density at radius 1 is 0.946 bits per heavy atom. The minimum atomic E-state index is -2.02. The molecule has 2 aromatic rings. The predicted molar refractivity (Wildman–Crippen MR) is 129 cm³/mol. The van der Waals surface area contributed by atoms with Crippen molar-refractivity contribution in [2.45, 2.75) is 18.8 Å². The summed E-state index contributed by atoms with van der Waals surface area (Å²) in [6.07, 6.45) is -0.395. The molecular weight excluding hydrogens is 556 g/mol. The first-order valence-electron chi connectivity index (χ1n) is 11.2. The summed E-state index contributed by atoms with van der Waals surface area (Å²) in [7, 11) is 6.40. The average molecular weight is 579 g/mol. The van der Waals surface area contributed by atoms with E-state index in [1.165, 1.54) is 35.3 Å². The van der Waals surface area contributed by atoms with Crippen molar-refractivity contribution in [3.63, 3.8) is 0 Å². The van der Waals surface area contributed by atoms with Gasteiger partial charge in [-0.1, -0.05) is 0 Å². The molecule has 1 aliphatic carbocycles. The molecule has 0 unspecified atom stereocenters. The van der Waals surface area contributed by atoms with Crippen LogP contribution in [0.4, 0.5) is 4.79 Å². The smallest absolute Gasteiger partial charge is 0.333 e. The maximum Gasteiger partial charge on any atom is 0.333 e. The lowest BCUT2D eigenvalue weighted by molar-refractivity contribution is -0.159. The van der Waals surface area contributed by atoms with Crippen molar-refractivity contribution >= 4 is 33.8 Å². The summed E-state index contributed by atoms with van der Waals surface area (Å²) < 4.78 is 19.0. The number of amides is 4. The van der Waals surface area contributed by atoms with E-state index in [2.05, 4.69) is 15.9 Å². The molecule has 1 aromatic carbocycles. The first-order valence-corrected chi connectivity index (χ1v) is 11.9. The molecule has 3 heterocycles. The van der Waals surface area contributed by atoms with Crippen LogP contribution in [0.5, 0.6) is 23.1 Å². The van der Waals surface area contributed by atoms with E-state index in [1.807, 2.05) is 0 Å². The van der Waals surface area contributed by atoms with Gasteiger partial charge in [0.2, 0.25) is 30.2 Å². The lowest BCUT2D eigenvalue weighted by atomic mass is 9.60. The molecule has 1 N–H and O–H groups in total. The Morgan fingerprint density at radius 2 is 1.54 bits per heavy atom. The van der Waals surface area contributed by atoms with Crippen molar-refractivity contribution in [3.05, 3.63) is 42.0 Å². The van der Waals surface area contributed by atoms with Crippen LogP contribution in [0, 0.1) is 5.41 Å². The summed E-state index contributed by atoms with van der Waals surface area (Å²) >= 11 is 3.53. The summed E-state index contributed by atoms with van der Waals surface area (Å²) in [5, 5.41) is 11.0. The number of nitrogens with zero attached hydrogens (tertiary/aromatic N) is 4. The van der Waals surface area contributed by atoms with Crippen LogP contribution in [-0.2, 0) is 36.5 Å². The lowest BCUT2D eigenvalue weighted by Gasteiger charge is -2.48. The number of fused-ring (bicyclic) bond motifs is 2. The zero-order valence-corrected chi connectivity index (χ0v) is 22.2. The highest BCUT2D eigenvalue weighted by molar-refractivity contribution is 9.10. The van der Waals surface area contributed by atoms with Gasteiger partial charge in [0.25, 0.3) is 5.56 Å².